The van der Waals surface area contributed by atoms with E-state index in [9.17, 15) is 9.59 Å². The van der Waals surface area contributed by atoms with Crippen LogP contribution in [0.5, 0.6) is 0 Å². The normalized spacial score (nSPS) is 13.4. The number of rotatable bonds is 3. The van der Waals surface area contributed by atoms with Crippen LogP contribution in [0.3, 0.4) is 0 Å². The van der Waals surface area contributed by atoms with Crippen molar-refractivity contribution in [2.45, 2.75) is 4.90 Å². The van der Waals surface area contributed by atoms with Crippen molar-refractivity contribution < 1.29 is 9.59 Å². The second-order valence-corrected chi connectivity index (χ2v) is 6.68. The van der Waals surface area contributed by atoms with Crippen molar-refractivity contribution >= 4 is 45.9 Å². The molecule has 0 saturated carbocycles. The number of benzene rings is 2. The van der Waals surface area contributed by atoms with Gasteiger partial charge in [0.25, 0.3) is 0 Å². The number of amides is 2. The average Bonchev–Trinajstić information content (AvgIpc) is 2.65. The summed E-state index contributed by atoms with van der Waals surface area (Å²) in [6.45, 7) is 0.0458. The van der Waals surface area contributed by atoms with E-state index in [1.165, 1.54) is 11.8 Å². The smallest absolute Gasteiger partial charge is 0.244 e. The highest BCUT2D eigenvalue weighted by molar-refractivity contribution is 8.00. The second-order valence-electron chi connectivity index (χ2n) is 5.67. The minimum Gasteiger partial charge on any atom is -0.323 e. The highest BCUT2D eigenvalue weighted by Crippen LogP contribution is 2.31. The molecule has 0 bridgehead atoms. The molecule has 2 heterocycles. The van der Waals surface area contributed by atoms with Crippen molar-refractivity contribution in [2.75, 3.05) is 22.5 Å². The van der Waals surface area contributed by atoms with E-state index in [2.05, 4.69) is 10.3 Å². The summed E-state index contributed by atoms with van der Waals surface area (Å²) in [6, 6.07) is 17.2. The number of nitrogens with one attached hydrogen (secondary N) is 1. The molecule has 0 spiro atoms. The van der Waals surface area contributed by atoms with Gasteiger partial charge in [0.1, 0.15) is 6.54 Å². The van der Waals surface area contributed by atoms with E-state index < -0.39 is 0 Å². The summed E-state index contributed by atoms with van der Waals surface area (Å²) in [7, 11) is 0. The van der Waals surface area contributed by atoms with Crippen LogP contribution in [0.1, 0.15) is 0 Å². The quantitative estimate of drug-likeness (QED) is 0.737. The first-order valence-electron chi connectivity index (χ1n) is 7.88. The predicted octanol–water partition coefficient (Wildman–Crippen LogP) is 3.31. The molecule has 0 unspecified atom stereocenters. The Balaban J connectivity index is 1.56. The van der Waals surface area contributed by atoms with E-state index in [-0.39, 0.29) is 24.1 Å². The van der Waals surface area contributed by atoms with E-state index in [0.717, 1.165) is 21.5 Å². The number of carbonyl (C=O) groups excluding carboxylic acids is 2. The molecule has 1 aliphatic rings. The van der Waals surface area contributed by atoms with Gasteiger partial charge in [0.2, 0.25) is 11.8 Å². The fourth-order valence-corrected chi connectivity index (χ4v) is 3.78. The van der Waals surface area contributed by atoms with E-state index in [1.807, 2.05) is 48.5 Å². The SMILES string of the molecule is O=C1CN(C(=O)CSc2cccc3cccnc23)c2ccccc2N1. The minimum atomic E-state index is -0.177. The van der Waals surface area contributed by atoms with E-state index in [0.29, 0.717) is 5.69 Å². The maximum Gasteiger partial charge on any atom is 0.244 e. The molecule has 0 atom stereocenters. The van der Waals surface area contributed by atoms with Gasteiger partial charge in [-0.2, -0.15) is 0 Å². The Hall–Kier alpha value is -2.86. The molecule has 0 fully saturated rings. The van der Waals surface area contributed by atoms with Gasteiger partial charge in [-0.3, -0.25) is 14.6 Å². The van der Waals surface area contributed by atoms with Crippen molar-refractivity contribution in [3.8, 4) is 0 Å². The molecule has 4 rings (SSSR count). The fourth-order valence-electron chi connectivity index (χ4n) is 2.87. The van der Waals surface area contributed by atoms with Crippen LogP contribution in [0.25, 0.3) is 10.9 Å². The largest absolute Gasteiger partial charge is 0.323 e. The summed E-state index contributed by atoms with van der Waals surface area (Å²) in [4.78, 5) is 31.5. The zero-order chi connectivity index (χ0) is 17.2. The van der Waals surface area contributed by atoms with E-state index in [1.54, 1.807) is 17.2 Å². The van der Waals surface area contributed by atoms with Gasteiger partial charge in [0.15, 0.2) is 0 Å². The summed E-state index contributed by atoms with van der Waals surface area (Å²) < 4.78 is 0. The lowest BCUT2D eigenvalue weighted by molar-refractivity contribution is -0.120. The van der Waals surface area contributed by atoms with Crippen LogP contribution in [-0.4, -0.2) is 29.1 Å². The Kier molecular flexibility index (Phi) is 4.11. The van der Waals surface area contributed by atoms with Crippen molar-refractivity contribution in [1.29, 1.82) is 0 Å². The van der Waals surface area contributed by atoms with Gasteiger partial charge in [0, 0.05) is 16.5 Å². The number of para-hydroxylation sites is 3. The number of fused-ring (bicyclic) bond motifs is 2. The van der Waals surface area contributed by atoms with Gasteiger partial charge in [-0.15, -0.1) is 11.8 Å². The highest BCUT2D eigenvalue weighted by atomic mass is 32.2. The summed E-state index contributed by atoms with van der Waals surface area (Å²) >= 11 is 1.44. The third-order valence-electron chi connectivity index (χ3n) is 4.02. The Morgan fingerprint density at radius 2 is 1.96 bits per heavy atom. The van der Waals surface area contributed by atoms with Gasteiger partial charge in [-0.05, 0) is 24.3 Å². The van der Waals surface area contributed by atoms with Crippen LogP contribution in [0, 0.1) is 0 Å². The molecule has 2 aromatic carbocycles. The molecule has 2 amide bonds. The molecule has 1 aromatic heterocycles. The molecule has 1 aliphatic heterocycles. The van der Waals surface area contributed by atoms with Crippen molar-refractivity contribution in [2.24, 2.45) is 0 Å². The van der Waals surface area contributed by atoms with Crippen molar-refractivity contribution in [1.82, 2.24) is 4.98 Å². The Bertz CT molecular complexity index is 968. The standard InChI is InChI=1S/C19H15N3O2S/c23-17-11-22(15-8-2-1-7-14(15)21-17)18(24)12-25-16-9-3-5-13-6-4-10-20-19(13)16/h1-10H,11-12H2,(H,21,23). The number of hydrogen-bond donors (Lipinski definition) is 1. The molecular weight excluding hydrogens is 334 g/mol. The summed E-state index contributed by atoms with van der Waals surface area (Å²) in [5.41, 5.74) is 2.30. The minimum absolute atomic E-state index is 0.0458. The van der Waals surface area contributed by atoms with Gasteiger partial charge in [-0.1, -0.05) is 30.3 Å². The first-order chi connectivity index (χ1) is 12.2. The number of aromatic nitrogens is 1. The summed E-state index contributed by atoms with van der Waals surface area (Å²) in [6.07, 6.45) is 1.75. The first kappa shape index (κ1) is 15.7. The van der Waals surface area contributed by atoms with Crippen LogP contribution in [-0.2, 0) is 9.59 Å². The van der Waals surface area contributed by atoms with Crippen LogP contribution < -0.4 is 10.2 Å². The maximum atomic E-state index is 12.7. The second kappa shape index (κ2) is 6.57. The van der Waals surface area contributed by atoms with Crippen LogP contribution in [0.2, 0.25) is 0 Å². The molecule has 3 aromatic rings. The summed E-state index contributed by atoms with van der Waals surface area (Å²) in [5.74, 6) is -0.0266. The Morgan fingerprint density at radius 3 is 2.88 bits per heavy atom. The number of hydrogen-bond acceptors (Lipinski definition) is 4. The lowest BCUT2D eigenvalue weighted by Crippen LogP contribution is -2.43. The number of anilines is 2. The molecule has 0 saturated heterocycles. The molecule has 124 valence electrons. The van der Waals surface area contributed by atoms with Gasteiger partial charge < -0.3 is 10.2 Å². The van der Waals surface area contributed by atoms with Crippen LogP contribution in [0.15, 0.2) is 65.7 Å². The van der Waals surface area contributed by atoms with Crippen LogP contribution in [0.4, 0.5) is 11.4 Å². The zero-order valence-corrected chi connectivity index (χ0v) is 14.1. The Morgan fingerprint density at radius 1 is 1.12 bits per heavy atom. The van der Waals surface area contributed by atoms with Crippen molar-refractivity contribution in [3.05, 3.63) is 60.8 Å². The highest BCUT2D eigenvalue weighted by Gasteiger charge is 2.26. The van der Waals surface area contributed by atoms with Crippen molar-refractivity contribution in [3.63, 3.8) is 0 Å². The molecule has 0 radical (unpaired) electrons. The average molecular weight is 349 g/mol. The van der Waals surface area contributed by atoms with E-state index >= 15 is 0 Å². The van der Waals surface area contributed by atoms with Gasteiger partial charge in [0.05, 0.1) is 22.6 Å². The molecule has 1 N–H and O–H groups in total. The maximum absolute atomic E-state index is 12.7. The number of carbonyl (C=O) groups is 2. The molecule has 6 heteroatoms. The third-order valence-corrected chi connectivity index (χ3v) is 5.05. The monoisotopic (exact) mass is 349 g/mol. The third kappa shape index (κ3) is 3.08. The molecule has 5 nitrogen and oxygen atoms in total. The fraction of sp³-hybridized carbons (Fsp3) is 0.105. The molecular formula is C19H15N3O2S. The van der Waals surface area contributed by atoms with Crippen LogP contribution >= 0.6 is 11.8 Å². The number of nitrogens with zero attached hydrogens (tertiary/aromatic N) is 2. The molecule has 0 aliphatic carbocycles. The zero-order valence-electron chi connectivity index (χ0n) is 13.3. The molecule has 25 heavy (non-hydrogen) atoms. The number of thioether (sulfide) groups is 1. The lowest BCUT2D eigenvalue weighted by atomic mass is 10.2. The predicted molar refractivity (Wildman–Crippen MR) is 99.9 cm³/mol. The number of pyridine rings is 1. The van der Waals surface area contributed by atoms with E-state index in [4.69, 9.17) is 0 Å². The topological polar surface area (TPSA) is 62.3 Å². The first-order valence-corrected chi connectivity index (χ1v) is 8.87. The lowest BCUT2D eigenvalue weighted by Gasteiger charge is -2.29. The van der Waals surface area contributed by atoms with Gasteiger partial charge in [-0.25, -0.2) is 0 Å². The Labute approximate surface area is 149 Å². The summed E-state index contributed by atoms with van der Waals surface area (Å²) in [5, 5.41) is 3.84. The van der Waals surface area contributed by atoms with Gasteiger partial charge >= 0.3 is 0 Å².